The molecule has 0 saturated heterocycles. The Kier molecular flexibility index (Phi) is 4.60. The third-order valence-corrected chi connectivity index (χ3v) is 4.58. The van der Waals surface area contributed by atoms with E-state index in [2.05, 4.69) is 9.97 Å². The number of rotatable bonds is 4. The van der Waals surface area contributed by atoms with Crippen molar-refractivity contribution in [1.82, 2.24) is 9.97 Å². The number of aromatic nitrogens is 2. The number of thiazole rings is 1. The third kappa shape index (κ3) is 3.88. The average molecular weight is 302 g/mol. The minimum atomic E-state index is -0.162. The molecule has 0 aliphatic heterocycles. The van der Waals surface area contributed by atoms with Crippen molar-refractivity contribution in [3.63, 3.8) is 0 Å². The van der Waals surface area contributed by atoms with E-state index < -0.39 is 0 Å². The summed E-state index contributed by atoms with van der Waals surface area (Å²) < 4.78 is 5.52. The van der Waals surface area contributed by atoms with Gasteiger partial charge >= 0.3 is 5.97 Å². The molecule has 5 heteroatoms. The van der Waals surface area contributed by atoms with Crippen molar-refractivity contribution in [1.29, 1.82) is 0 Å². The van der Waals surface area contributed by atoms with Gasteiger partial charge in [0.25, 0.3) is 0 Å². The normalized spacial score (nSPS) is 15.8. The van der Waals surface area contributed by atoms with E-state index in [4.69, 9.17) is 4.74 Å². The summed E-state index contributed by atoms with van der Waals surface area (Å²) >= 11 is 1.53. The van der Waals surface area contributed by atoms with E-state index in [1.54, 1.807) is 12.4 Å². The van der Waals surface area contributed by atoms with E-state index in [1.165, 1.54) is 30.6 Å². The second-order valence-electron chi connectivity index (χ2n) is 5.31. The quantitative estimate of drug-likeness (QED) is 0.809. The van der Waals surface area contributed by atoms with Gasteiger partial charge in [-0.15, -0.1) is 11.3 Å². The van der Waals surface area contributed by atoms with Crippen LogP contribution >= 0.6 is 11.3 Å². The number of carbonyl (C=O) groups is 1. The highest BCUT2D eigenvalue weighted by molar-refractivity contribution is 7.13. The third-order valence-electron chi connectivity index (χ3n) is 3.64. The van der Waals surface area contributed by atoms with Crippen LogP contribution in [0.2, 0.25) is 0 Å². The molecule has 0 spiro atoms. The Hall–Kier alpha value is -1.75. The maximum absolute atomic E-state index is 12.0. The second-order valence-corrected chi connectivity index (χ2v) is 6.17. The number of hydrogen-bond acceptors (Lipinski definition) is 5. The van der Waals surface area contributed by atoms with Crippen molar-refractivity contribution in [2.24, 2.45) is 0 Å². The second kappa shape index (κ2) is 6.80. The molecular weight excluding hydrogens is 284 g/mol. The van der Waals surface area contributed by atoms with Gasteiger partial charge < -0.3 is 4.74 Å². The molecule has 3 rings (SSSR count). The number of nitrogens with zero attached hydrogens (tertiary/aromatic N) is 2. The predicted molar refractivity (Wildman–Crippen MR) is 82.0 cm³/mol. The van der Waals surface area contributed by atoms with Crippen LogP contribution in [-0.4, -0.2) is 22.0 Å². The number of hydrogen-bond donors (Lipinski definition) is 0. The summed E-state index contributed by atoms with van der Waals surface area (Å²) in [4.78, 5) is 20.5. The monoisotopic (exact) mass is 302 g/mol. The lowest BCUT2D eigenvalue weighted by atomic mass is 9.98. The molecule has 110 valence electrons. The van der Waals surface area contributed by atoms with Crippen LogP contribution < -0.4 is 0 Å². The largest absolute Gasteiger partial charge is 0.462 e. The lowest BCUT2D eigenvalue weighted by Gasteiger charge is -2.21. The Labute approximate surface area is 128 Å². The Balaban J connectivity index is 1.58. The lowest BCUT2D eigenvalue weighted by Crippen LogP contribution is -2.22. The zero-order chi connectivity index (χ0) is 14.5. The molecule has 1 saturated carbocycles. The first-order valence-corrected chi connectivity index (χ1v) is 8.23. The van der Waals surface area contributed by atoms with Crippen molar-refractivity contribution >= 4 is 17.3 Å². The maximum Gasteiger partial charge on any atom is 0.312 e. The van der Waals surface area contributed by atoms with Gasteiger partial charge in [0, 0.05) is 23.3 Å². The Morgan fingerprint density at radius 1 is 1.33 bits per heavy atom. The lowest BCUT2D eigenvalue weighted by molar-refractivity contribution is -0.149. The van der Waals surface area contributed by atoms with Gasteiger partial charge in [0.2, 0.25) is 0 Å². The first-order chi connectivity index (χ1) is 10.3. The van der Waals surface area contributed by atoms with Crippen LogP contribution in [0.3, 0.4) is 0 Å². The minimum absolute atomic E-state index is 0.114. The van der Waals surface area contributed by atoms with Crippen LogP contribution in [0.4, 0.5) is 0 Å². The highest BCUT2D eigenvalue weighted by Crippen LogP contribution is 2.24. The van der Waals surface area contributed by atoms with Gasteiger partial charge in [-0.1, -0.05) is 6.42 Å². The summed E-state index contributed by atoms with van der Waals surface area (Å²) in [6.07, 6.45) is 9.49. The molecule has 2 heterocycles. The summed E-state index contributed by atoms with van der Waals surface area (Å²) in [5.74, 6) is -0.162. The number of pyridine rings is 1. The molecule has 0 amide bonds. The fourth-order valence-corrected chi connectivity index (χ4v) is 3.38. The Morgan fingerprint density at radius 2 is 2.19 bits per heavy atom. The van der Waals surface area contributed by atoms with Gasteiger partial charge in [0.05, 0.1) is 12.1 Å². The fraction of sp³-hybridized carbons (Fsp3) is 0.438. The fourth-order valence-electron chi connectivity index (χ4n) is 2.57. The molecule has 0 unspecified atom stereocenters. The van der Waals surface area contributed by atoms with Gasteiger partial charge in [-0.05, 0) is 37.8 Å². The Morgan fingerprint density at radius 3 is 2.95 bits per heavy atom. The molecule has 4 nitrogen and oxygen atoms in total. The van der Waals surface area contributed by atoms with Crippen molar-refractivity contribution < 1.29 is 9.53 Å². The van der Waals surface area contributed by atoms with Crippen LogP contribution in [0.1, 0.15) is 37.8 Å². The van der Waals surface area contributed by atoms with Crippen LogP contribution in [-0.2, 0) is 16.0 Å². The van der Waals surface area contributed by atoms with E-state index in [1.807, 2.05) is 17.5 Å². The molecule has 2 aromatic heterocycles. The van der Waals surface area contributed by atoms with E-state index >= 15 is 0 Å². The SMILES string of the molecule is O=C(Cc1csc(-c2cccnc2)n1)OC1CCCCC1. The van der Waals surface area contributed by atoms with Gasteiger partial charge in [0.1, 0.15) is 11.1 Å². The molecule has 0 radical (unpaired) electrons. The van der Waals surface area contributed by atoms with E-state index in [-0.39, 0.29) is 18.5 Å². The summed E-state index contributed by atoms with van der Waals surface area (Å²) in [6, 6.07) is 3.85. The number of esters is 1. The highest BCUT2D eigenvalue weighted by atomic mass is 32.1. The summed E-state index contributed by atoms with van der Waals surface area (Å²) in [6.45, 7) is 0. The van der Waals surface area contributed by atoms with Crippen molar-refractivity contribution in [2.75, 3.05) is 0 Å². The van der Waals surface area contributed by atoms with Crippen molar-refractivity contribution in [3.8, 4) is 10.6 Å². The average Bonchev–Trinajstić information content (AvgIpc) is 2.97. The smallest absolute Gasteiger partial charge is 0.312 e. The van der Waals surface area contributed by atoms with Crippen LogP contribution in [0, 0.1) is 0 Å². The van der Waals surface area contributed by atoms with Crippen molar-refractivity contribution in [3.05, 3.63) is 35.6 Å². The first kappa shape index (κ1) is 14.2. The highest BCUT2D eigenvalue weighted by Gasteiger charge is 2.18. The summed E-state index contributed by atoms with van der Waals surface area (Å²) in [5, 5.41) is 2.81. The molecule has 1 fully saturated rings. The van der Waals surface area contributed by atoms with Crippen molar-refractivity contribution in [2.45, 2.75) is 44.6 Å². The summed E-state index contributed by atoms with van der Waals surface area (Å²) in [5.41, 5.74) is 1.76. The standard InChI is InChI=1S/C16H18N2O2S/c19-15(20-14-6-2-1-3-7-14)9-13-11-21-16(18-13)12-5-4-8-17-10-12/h4-5,8,10-11,14H,1-3,6-7,9H2. The molecule has 0 N–H and O–H groups in total. The molecule has 0 aromatic carbocycles. The molecule has 0 atom stereocenters. The molecule has 0 bridgehead atoms. The van der Waals surface area contributed by atoms with Gasteiger partial charge in [-0.3, -0.25) is 9.78 Å². The molecule has 1 aliphatic rings. The Bertz CT molecular complexity index is 591. The molecule has 2 aromatic rings. The topological polar surface area (TPSA) is 52.1 Å². The summed E-state index contributed by atoms with van der Waals surface area (Å²) in [7, 11) is 0. The molecular formula is C16H18N2O2S. The van der Waals surface area contributed by atoms with Crippen LogP contribution in [0.15, 0.2) is 29.9 Å². The molecule has 21 heavy (non-hydrogen) atoms. The maximum atomic E-state index is 12.0. The van der Waals surface area contributed by atoms with Crippen LogP contribution in [0.25, 0.3) is 10.6 Å². The van der Waals surface area contributed by atoms with E-state index in [9.17, 15) is 4.79 Å². The predicted octanol–water partition coefficient (Wildman–Crippen LogP) is 3.62. The van der Waals surface area contributed by atoms with E-state index in [0.29, 0.717) is 0 Å². The molecule has 1 aliphatic carbocycles. The minimum Gasteiger partial charge on any atom is -0.462 e. The van der Waals surface area contributed by atoms with Gasteiger partial charge in [-0.25, -0.2) is 4.98 Å². The zero-order valence-corrected chi connectivity index (χ0v) is 12.6. The van der Waals surface area contributed by atoms with Crippen LogP contribution in [0.5, 0.6) is 0 Å². The number of carbonyl (C=O) groups excluding carboxylic acids is 1. The zero-order valence-electron chi connectivity index (χ0n) is 11.8. The van der Waals surface area contributed by atoms with Gasteiger partial charge in [0.15, 0.2) is 0 Å². The van der Waals surface area contributed by atoms with Gasteiger partial charge in [-0.2, -0.15) is 0 Å². The first-order valence-electron chi connectivity index (χ1n) is 7.35. The number of ether oxygens (including phenoxy) is 1. The van der Waals surface area contributed by atoms with E-state index in [0.717, 1.165) is 29.1 Å².